The lowest BCUT2D eigenvalue weighted by Gasteiger charge is -2.08. The summed E-state index contributed by atoms with van der Waals surface area (Å²) < 4.78 is 5.59. The van der Waals surface area contributed by atoms with Gasteiger partial charge < -0.3 is 15.1 Å². The van der Waals surface area contributed by atoms with Gasteiger partial charge in [-0.25, -0.2) is 0 Å². The Labute approximate surface area is 112 Å². The molecule has 3 heteroatoms. The van der Waals surface area contributed by atoms with Crippen molar-refractivity contribution in [2.45, 2.75) is 26.3 Å². The van der Waals surface area contributed by atoms with Gasteiger partial charge in [-0.15, -0.1) is 0 Å². The fourth-order valence-electron chi connectivity index (χ4n) is 2.45. The minimum atomic E-state index is -0.104. The van der Waals surface area contributed by atoms with Crippen molar-refractivity contribution < 1.29 is 4.42 Å². The molecule has 0 amide bonds. The van der Waals surface area contributed by atoms with Crippen molar-refractivity contribution in [1.82, 2.24) is 4.98 Å². The summed E-state index contributed by atoms with van der Waals surface area (Å²) in [6.07, 6.45) is 2.82. The Bertz CT molecular complexity index is 708. The molecule has 0 fully saturated rings. The van der Waals surface area contributed by atoms with Gasteiger partial charge in [0, 0.05) is 17.1 Å². The molecule has 1 aromatic carbocycles. The Kier molecular flexibility index (Phi) is 2.91. The van der Waals surface area contributed by atoms with Gasteiger partial charge in [0.25, 0.3) is 0 Å². The van der Waals surface area contributed by atoms with Crippen LogP contribution in [0.15, 0.2) is 40.9 Å². The molecule has 3 aromatic rings. The van der Waals surface area contributed by atoms with Gasteiger partial charge in [-0.2, -0.15) is 0 Å². The first-order valence-electron chi connectivity index (χ1n) is 6.52. The zero-order valence-electron chi connectivity index (χ0n) is 11.2. The molecule has 0 aliphatic heterocycles. The van der Waals surface area contributed by atoms with Crippen molar-refractivity contribution in [1.29, 1.82) is 0 Å². The average Bonchev–Trinajstić information content (AvgIpc) is 2.97. The number of aryl methyl sites for hydroxylation is 2. The van der Waals surface area contributed by atoms with Crippen LogP contribution in [0.5, 0.6) is 0 Å². The summed E-state index contributed by atoms with van der Waals surface area (Å²) in [7, 11) is 0. The molecule has 1 atom stereocenters. The molecule has 0 saturated carbocycles. The molecule has 0 bridgehead atoms. The summed E-state index contributed by atoms with van der Waals surface area (Å²) in [6.45, 7) is 4.04. The normalized spacial score (nSPS) is 13.0. The van der Waals surface area contributed by atoms with Gasteiger partial charge in [0.2, 0.25) is 0 Å². The standard InChI is InChI=1S/C16H18N2O/c1-10-3-5-15-13(7-10)12(9-18-15)8-14(17)16-6-4-11(2)19-16/h3-7,9,14,18H,8,17H2,1-2H3. The lowest BCUT2D eigenvalue weighted by atomic mass is 10.0. The molecule has 1 unspecified atom stereocenters. The topological polar surface area (TPSA) is 55.0 Å². The maximum Gasteiger partial charge on any atom is 0.121 e. The number of benzene rings is 1. The van der Waals surface area contributed by atoms with Gasteiger partial charge in [0.1, 0.15) is 11.5 Å². The molecule has 0 aliphatic rings. The van der Waals surface area contributed by atoms with Crippen molar-refractivity contribution in [3.05, 3.63) is 59.2 Å². The van der Waals surface area contributed by atoms with Crippen LogP contribution in [0.1, 0.15) is 28.7 Å². The van der Waals surface area contributed by atoms with E-state index in [1.807, 2.05) is 25.3 Å². The van der Waals surface area contributed by atoms with Crippen LogP contribution < -0.4 is 5.73 Å². The van der Waals surface area contributed by atoms with Crippen LogP contribution in [-0.2, 0) is 6.42 Å². The van der Waals surface area contributed by atoms with E-state index in [-0.39, 0.29) is 6.04 Å². The van der Waals surface area contributed by atoms with Gasteiger partial charge in [0.15, 0.2) is 0 Å². The van der Waals surface area contributed by atoms with E-state index >= 15 is 0 Å². The third-order valence-corrected chi connectivity index (χ3v) is 3.49. The fourth-order valence-corrected chi connectivity index (χ4v) is 2.45. The van der Waals surface area contributed by atoms with Gasteiger partial charge >= 0.3 is 0 Å². The quantitative estimate of drug-likeness (QED) is 0.750. The van der Waals surface area contributed by atoms with Crippen molar-refractivity contribution in [2.24, 2.45) is 5.73 Å². The summed E-state index contributed by atoms with van der Waals surface area (Å²) in [5, 5.41) is 1.25. The Morgan fingerprint density at radius 2 is 2.05 bits per heavy atom. The zero-order valence-corrected chi connectivity index (χ0v) is 11.2. The van der Waals surface area contributed by atoms with Crippen molar-refractivity contribution >= 4 is 10.9 Å². The highest BCUT2D eigenvalue weighted by Crippen LogP contribution is 2.25. The van der Waals surface area contributed by atoms with E-state index in [9.17, 15) is 0 Å². The molecule has 0 radical (unpaired) electrons. The van der Waals surface area contributed by atoms with Crippen molar-refractivity contribution in [2.75, 3.05) is 0 Å². The Hall–Kier alpha value is -2.00. The summed E-state index contributed by atoms with van der Waals surface area (Å²) in [5.74, 6) is 1.75. The molecule has 2 aromatic heterocycles. The second-order valence-electron chi connectivity index (χ2n) is 5.12. The molecule has 98 valence electrons. The molecule has 2 heterocycles. The third kappa shape index (κ3) is 2.29. The molecule has 0 saturated heterocycles. The number of rotatable bonds is 3. The average molecular weight is 254 g/mol. The summed E-state index contributed by atoms with van der Waals surface area (Å²) >= 11 is 0. The second kappa shape index (κ2) is 4.59. The van der Waals surface area contributed by atoms with Crippen LogP contribution in [0.2, 0.25) is 0 Å². The van der Waals surface area contributed by atoms with E-state index in [0.29, 0.717) is 0 Å². The first kappa shape index (κ1) is 12.1. The number of hydrogen-bond acceptors (Lipinski definition) is 2. The van der Waals surface area contributed by atoms with E-state index in [1.165, 1.54) is 16.5 Å². The first-order chi connectivity index (χ1) is 9.13. The molecular weight excluding hydrogens is 236 g/mol. The number of nitrogens with two attached hydrogens (primary N) is 1. The minimum absolute atomic E-state index is 0.104. The number of fused-ring (bicyclic) bond motifs is 1. The molecule has 0 spiro atoms. The SMILES string of the molecule is Cc1ccc2[nH]cc(CC(N)c3ccc(C)o3)c2c1. The Morgan fingerprint density at radius 3 is 2.79 bits per heavy atom. The Balaban J connectivity index is 1.91. The highest BCUT2D eigenvalue weighted by Gasteiger charge is 2.13. The van der Waals surface area contributed by atoms with Crippen LogP contribution in [0.4, 0.5) is 0 Å². The number of H-pyrrole nitrogens is 1. The van der Waals surface area contributed by atoms with Gasteiger partial charge in [-0.3, -0.25) is 0 Å². The van der Waals surface area contributed by atoms with Crippen LogP contribution in [-0.4, -0.2) is 4.98 Å². The largest absolute Gasteiger partial charge is 0.465 e. The maximum atomic E-state index is 6.22. The highest BCUT2D eigenvalue weighted by molar-refractivity contribution is 5.83. The Morgan fingerprint density at radius 1 is 1.21 bits per heavy atom. The highest BCUT2D eigenvalue weighted by atomic mass is 16.3. The molecule has 3 rings (SSSR count). The van der Waals surface area contributed by atoms with Gasteiger partial charge in [0.05, 0.1) is 6.04 Å². The minimum Gasteiger partial charge on any atom is -0.465 e. The molecule has 0 aliphatic carbocycles. The van der Waals surface area contributed by atoms with Crippen LogP contribution >= 0.6 is 0 Å². The number of hydrogen-bond donors (Lipinski definition) is 2. The molecule has 3 nitrogen and oxygen atoms in total. The van der Waals surface area contributed by atoms with E-state index < -0.39 is 0 Å². The third-order valence-electron chi connectivity index (χ3n) is 3.49. The number of aromatic nitrogens is 1. The zero-order chi connectivity index (χ0) is 13.4. The predicted octanol–water partition coefficient (Wildman–Crippen LogP) is 3.62. The lowest BCUT2D eigenvalue weighted by molar-refractivity contribution is 0.445. The smallest absolute Gasteiger partial charge is 0.121 e. The van der Waals surface area contributed by atoms with Gasteiger partial charge in [-0.05, 0) is 50.1 Å². The monoisotopic (exact) mass is 254 g/mol. The summed E-state index contributed by atoms with van der Waals surface area (Å²) in [4.78, 5) is 3.29. The van der Waals surface area contributed by atoms with E-state index in [4.69, 9.17) is 10.2 Å². The van der Waals surface area contributed by atoms with Crippen molar-refractivity contribution in [3.63, 3.8) is 0 Å². The van der Waals surface area contributed by atoms with E-state index in [1.54, 1.807) is 0 Å². The maximum absolute atomic E-state index is 6.22. The number of furan rings is 1. The first-order valence-corrected chi connectivity index (χ1v) is 6.52. The van der Waals surface area contributed by atoms with E-state index in [0.717, 1.165) is 23.5 Å². The van der Waals surface area contributed by atoms with Crippen molar-refractivity contribution in [3.8, 4) is 0 Å². The van der Waals surface area contributed by atoms with E-state index in [2.05, 4.69) is 30.1 Å². The van der Waals surface area contributed by atoms with Crippen LogP contribution in [0, 0.1) is 13.8 Å². The summed E-state index contributed by atoms with van der Waals surface area (Å²) in [5.41, 5.74) is 9.87. The summed E-state index contributed by atoms with van der Waals surface area (Å²) in [6, 6.07) is 10.2. The predicted molar refractivity (Wildman–Crippen MR) is 77.1 cm³/mol. The van der Waals surface area contributed by atoms with Crippen LogP contribution in [0.3, 0.4) is 0 Å². The van der Waals surface area contributed by atoms with Gasteiger partial charge in [-0.1, -0.05) is 11.6 Å². The van der Waals surface area contributed by atoms with Crippen LogP contribution in [0.25, 0.3) is 10.9 Å². The molecule has 19 heavy (non-hydrogen) atoms. The molecule has 3 N–H and O–H groups in total. The molecular formula is C16H18N2O. The number of aromatic amines is 1. The lowest BCUT2D eigenvalue weighted by Crippen LogP contribution is -2.12. The second-order valence-corrected chi connectivity index (χ2v) is 5.12. The number of nitrogens with one attached hydrogen (secondary N) is 1. The fraction of sp³-hybridized carbons (Fsp3) is 0.250.